The third kappa shape index (κ3) is 5.46. The highest BCUT2D eigenvalue weighted by Gasteiger charge is 2.24. The average molecular weight is 272 g/mol. The van der Waals surface area contributed by atoms with Crippen LogP contribution in [0, 0.1) is 11.8 Å². The fraction of sp³-hybridized carbons (Fsp3) is 0.846. The summed E-state index contributed by atoms with van der Waals surface area (Å²) in [5, 5.41) is 14.5. The second kappa shape index (κ2) is 7.99. The molecule has 3 atom stereocenters. The quantitative estimate of drug-likeness (QED) is 0.678. The lowest BCUT2D eigenvalue weighted by Crippen LogP contribution is -2.49. The van der Waals surface area contributed by atoms with Gasteiger partial charge in [-0.05, 0) is 18.8 Å². The highest BCUT2D eigenvalue weighted by atomic mass is 16.5. The van der Waals surface area contributed by atoms with Crippen LogP contribution in [0.5, 0.6) is 0 Å². The number of rotatable bonds is 6. The van der Waals surface area contributed by atoms with Crippen molar-refractivity contribution in [3.05, 3.63) is 0 Å². The highest BCUT2D eigenvalue weighted by molar-refractivity contribution is 5.76. The van der Waals surface area contributed by atoms with E-state index in [1.807, 2.05) is 13.8 Å². The molecule has 1 rings (SSSR count). The number of carboxylic acids is 1. The summed E-state index contributed by atoms with van der Waals surface area (Å²) in [4.78, 5) is 22.7. The molecule has 0 aliphatic carbocycles. The zero-order valence-corrected chi connectivity index (χ0v) is 11.6. The number of carbonyl (C=O) groups excluding carboxylic acids is 1. The van der Waals surface area contributed by atoms with Crippen LogP contribution in [0.3, 0.4) is 0 Å². The molecule has 3 unspecified atom stereocenters. The Bertz CT molecular complexity index is 309. The van der Waals surface area contributed by atoms with E-state index in [-0.39, 0.29) is 24.5 Å². The number of hydrogen-bond donors (Lipinski definition) is 3. The van der Waals surface area contributed by atoms with Crippen molar-refractivity contribution in [1.82, 2.24) is 10.6 Å². The van der Waals surface area contributed by atoms with E-state index in [4.69, 9.17) is 9.84 Å². The Hall–Kier alpha value is -1.30. The number of nitrogens with one attached hydrogen (secondary N) is 2. The van der Waals surface area contributed by atoms with E-state index in [1.165, 1.54) is 0 Å². The molecular weight excluding hydrogens is 248 g/mol. The fourth-order valence-electron chi connectivity index (χ4n) is 2.19. The van der Waals surface area contributed by atoms with Crippen LogP contribution in [0.1, 0.15) is 33.1 Å². The molecule has 0 saturated carbocycles. The predicted molar refractivity (Wildman–Crippen MR) is 71.0 cm³/mol. The summed E-state index contributed by atoms with van der Waals surface area (Å²) in [6.07, 6.45) is 2.16. The smallest absolute Gasteiger partial charge is 0.315 e. The van der Waals surface area contributed by atoms with Crippen molar-refractivity contribution in [3.63, 3.8) is 0 Å². The van der Waals surface area contributed by atoms with Crippen LogP contribution < -0.4 is 10.6 Å². The van der Waals surface area contributed by atoms with Crippen molar-refractivity contribution >= 4 is 12.0 Å². The molecule has 1 fully saturated rings. The van der Waals surface area contributed by atoms with Gasteiger partial charge < -0.3 is 20.5 Å². The van der Waals surface area contributed by atoms with E-state index in [0.717, 1.165) is 12.8 Å². The number of carbonyl (C=O) groups is 2. The molecule has 6 nitrogen and oxygen atoms in total. The molecule has 0 radical (unpaired) electrons. The lowest BCUT2D eigenvalue weighted by atomic mass is 9.98. The summed E-state index contributed by atoms with van der Waals surface area (Å²) >= 11 is 0. The Kier molecular flexibility index (Phi) is 6.62. The van der Waals surface area contributed by atoms with Crippen molar-refractivity contribution in [2.24, 2.45) is 11.8 Å². The Morgan fingerprint density at radius 3 is 2.79 bits per heavy atom. The number of hydrogen-bond acceptors (Lipinski definition) is 3. The number of aliphatic carboxylic acids is 1. The Labute approximate surface area is 113 Å². The molecule has 0 bridgehead atoms. The van der Waals surface area contributed by atoms with E-state index in [2.05, 4.69) is 10.6 Å². The minimum atomic E-state index is -0.860. The van der Waals surface area contributed by atoms with Gasteiger partial charge in [0.25, 0.3) is 0 Å². The second-order valence-electron chi connectivity index (χ2n) is 5.13. The zero-order chi connectivity index (χ0) is 14.3. The molecule has 0 spiro atoms. The van der Waals surface area contributed by atoms with Gasteiger partial charge in [0.1, 0.15) is 0 Å². The van der Waals surface area contributed by atoms with Gasteiger partial charge >= 0.3 is 12.0 Å². The molecule has 2 amide bonds. The highest BCUT2D eigenvalue weighted by Crippen LogP contribution is 2.13. The van der Waals surface area contributed by atoms with E-state index in [0.29, 0.717) is 19.6 Å². The number of carboxylic acid groups (broad SMARTS) is 1. The van der Waals surface area contributed by atoms with Crippen LogP contribution >= 0.6 is 0 Å². The summed E-state index contributed by atoms with van der Waals surface area (Å²) < 4.78 is 5.31. The molecule has 0 aromatic carbocycles. The maximum atomic E-state index is 11.7. The molecule has 0 aromatic rings. The van der Waals surface area contributed by atoms with Gasteiger partial charge in [0.05, 0.1) is 12.5 Å². The summed E-state index contributed by atoms with van der Waals surface area (Å²) in [5.41, 5.74) is 0. The third-order valence-electron chi connectivity index (χ3n) is 3.45. The standard InChI is InChI=1S/C13H24N2O4/c1-3-4-10(12(16)17)7-14-13(18)15-11-5-6-19-8-9(11)2/h9-11H,3-8H2,1-2H3,(H,16,17)(H2,14,15,18). The fourth-order valence-corrected chi connectivity index (χ4v) is 2.19. The molecule has 1 aliphatic heterocycles. The number of urea groups is 1. The maximum Gasteiger partial charge on any atom is 0.315 e. The Balaban J connectivity index is 2.31. The second-order valence-corrected chi connectivity index (χ2v) is 5.13. The largest absolute Gasteiger partial charge is 0.481 e. The Morgan fingerprint density at radius 1 is 1.47 bits per heavy atom. The summed E-state index contributed by atoms with van der Waals surface area (Å²) in [7, 11) is 0. The van der Waals surface area contributed by atoms with E-state index < -0.39 is 11.9 Å². The summed E-state index contributed by atoms with van der Waals surface area (Å²) in [5.74, 6) is -1.09. The molecule has 1 heterocycles. The molecular formula is C13H24N2O4. The summed E-state index contributed by atoms with van der Waals surface area (Å²) in [6, 6.07) is -0.190. The monoisotopic (exact) mass is 272 g/mol. The lowest BCUT2D eigenvalue weighted by Gasteiger charge is -2.29. The van der Waals surface area contributed by atoms with Gasteiger partial charge in [0.15, 0.2) is 0 Å². The normalized spacial score (nSPS) is 24.5. The first kappa shape index (κ1) is 15.8. The van der Waals surface area contributed by atoms with Crippen LogP contribution in [-0.4, -0.2) is 42.9 Å². The van der Waals surface area contributed by atoms with Crippen LogP contribution in [0.2, 0.25) is 0 Å². The van der Waals surface area contributed by atoms with Crippen LogP contribution in [0.15, 0.2) is 0 Å². The first-order valence-corrected chi connectivity index (χ1v) is 6.89. The first-order chi connectivity index (χ1) is 9.04. The molecule has 1 saturated heterocycles. The average Bonchev–Trinajstić information content (AvgIpc) is 2.37. The minimum Gasteiger partial charge on any atom is -0.481 e. The summed E-state index contributed by atoms with van der Waals surface area (Å²) in [6.45, 7) is 5.44. The maximum absolute atomic E-state index is 11.7. The van der Waals surface area contributed by atoms with Crippen LogP contribution in [-0.2, 0) is 9.53 Å². The van der Waals surface area contributed by atoms with Crippen molar-refractivity contribution in [1.29, 1.82) is 0 Å². The van der Waals surface area contributed by atoms with Gasteiger partial charge in [-0.2, -0.15) is 0 Å². The SMILES string of the molecule is CCCC(CNC(=O)NC1CCOCC1C)C(=O)O. The van der Waals surface area contributed by atoms with Gasteiger partial charge in [0, 0.05) is 19.2 Å². The molecule has 0 aromatic heterocycles. The molecule has 110 valence electrons. The molecule has 1 aliphatic rings. The first-order valence-electron chi connectivity index (χ1n) is 6.89. The Morgan fingerprint density at radius 2 is 2.21 bits per heavy atom. The number of amides is 2. The van der Waals surface area contributed by atoms with Gasteiger partial charge in [-0.15, -0.1) is 0 Å². The van der Waals surface area contributed by atoms with Crippen molar-refractivity contribution in [2.45, 2.75) is 39.2 Å². The van der Waals surface area contributed by atoms with Gasteiger partial charge in [-0.25, -0.2) is 4.79 Å². The molecule has 3 N–H and O–H groups in total. The van der Waals surface area contributed by atoms with Crippen LogP contribution in [0.4, 0.5) is 4.79 Å². The zero-order valence-electron chi connectivity index (χ0n) is 11.6. The third-order valence-corrected chi connectivity index (χ3v) is 3.45. The predicted octanol–water partition coefficient (Wildman–Crippen LogP) is 1.21. The van der Waals surface area contributed by atoms with E-state index in [9.17, 15) is 9.59 Å². The molecule has 19 heavy (non-hydrogen) atoms. The van der Waals surface area contributed by atoms with Crippen molar-refractivity contribution < 1.29 is 19.4 Å². The van der Waals surface area contributed by atoms with Gasteiger partial charge in [-0.1, -0.05) is 20.3 Å². The topological polar surface area (TPSA) is 87.7 Å². The van der Waals surface area contributed by atoms with E-state index in [1.54, 1.807) is 0 Å². The van der Waals surface area contributed by atoms with Crippen LogP contribution in [0.25, 0.3) is 0 Å². The van der Waals surface area contributed by atoms with Crippen molar-refractivity contribution in [2.75, 3.05) is 19.8 Å². The molecule has 6 heteroatoms. The van der Waals surface area contributed by atoms with E-state index >= 15 is 0 Å². The van der Waals surface area contributed by atoms with Gasteiger partial charge in [-0.3, -0.25) is 4.79 Å². The van der Waals surface area contributed by atoms with Gasteiger partial charge in [0.2, 0.25) is 0 Å². The number of ether oxygens (including phenoxy) is 1. The lowest BCUT2D eigenvalue weighted by molar-refractivity contribution is -0.141. The van der Waals surface area contributed by atoms with Crippen molar-refractivity contribution in [3.8, 4) is 0 Å². The minimum absolute atomic E-state index is 0.100.